The van der Waals surface area contributed by atoms with Crippen LogP contribution in [-0.4, -0.2) is 38.7 Å². The van der Waals surface area contributed by atoms with E-state index in [0.717, 1.165) is 31.2 Å². The number of phenolic OH excluding ortho intramolecular Hbond substituents is 1. The van der Waals surface area contributed by atoms with Gasteiger partial charge in [-0.05, 0) is 67.4 Å². The van der Waals surface area contributed by atoms with Crippen molar-refractivity contribution in [1.82, 2.24) is 9.88 Å². The molecule has 2 aliphatic rings. The monoisotopic (exact) mass is 423 g/mol. The number of carbonyl (C=O) groups is 1. The summed E-state index contributed by atoms with van der Waals surface area (Å²) < 4.78 is 5.47. The highest BCUT2D eigenvalue weighted by molar-refractivity contribution is 8.18. The van der Waals surface area contributed by atoms with Crippen molar-refractivity contribution in [3.8, 4) is 11.5 Å². The first kappa shape index (κ1) is 20.5. The molecule has 2 heterocycles. The smallest absolute Gasteiger partial charge is 0.267 e. The standard InChI is InChI=1S/C23H25N3O3S/c1-2-29-19-14-16(11-12-18(19)27)15-20-22(28)26(17-8-4-3-5-9-17)23(30-20)25-21-10-6-7-13-24-21/h6-7,10-15,17,27H,2-5,8-9H2,1H3/b20-15-,25-23+. The van der Waals surface area contributed by atoms with Gasteiger partial charge in [0, 0.05) is 12.2 Å². The van der Waals surface area contributed by atoms with E-state index in [4.69, 9.17) is 4.74 Å². The van der Waals surface area contributed by atoms with Gasteiger partial charge in [0.25, 0.3) is 5.91 Å². The van der Waals surface area contributed by atoms with Gasteiger partial charge in [0.15, 0.2) is 22.5 Å². The molecule has 1 aliphatic carbocycles. The number of amides is 1. The molecule has 1 N–H and O–H groups in total. The third kappa shape index (κ3) is 4.51. The number of aromatic nitrogens is 1. The van der Waals surface area contributed by atoms with Gasteiger partial charge in [0.05, 0.1) is 11.5 Å². The fourth-order valence-electron chi connectivity index (χ4n) is 3.79. The maximum absolute atomic E-state index is 13.3. The van der Waals surface area contributed by atoms with Gasteiger partial charge in [-0.3, -0.25) is 9.69 Å². The van der Waals surface area contributed by atoms with Crippen LogP contribution in [0.1, 0.15) is 44.6 Å². The van der Waals surface area contributed by atoms with Crippen LogP contribution in [0.5, 0.6) is 11.5 Å². The molecule has 0 unspecified atom stereocenters. The van der Waals surface area contributed by atoms with E-state index in [-0.39, 0.29) is 17.7 Å². The summed E-state index contributed by atoms with van der Waals surface area (Å²) in [6.45, 7) is 2.32. The average molecular weight is 424 g/mol. The van der Waals surface area contributed by atoms with Crippen LogP contribution in [0, 0.1) is 0 Å². The van der Waals surface area contributed by atoms with Crippen molar-refractivity contribution in [3.63, 3.8) is 0 Å². The molecule has 6 nitrogen and oxygen atoms in total. The topological polar surface area (TPSA) is 75.0 Å². The van der Waals surface area contributed by atoms with Gasteiger partial charge in [0.1, 0.15) is 0 Å². The van der Waals surface area contributed by atoms with Gasteiger partial charge in [-0.1, -0.05) is 31.4 Å². The molecule has 156 valence electrons. The Morgan fingerprint density at radius 1 is 1.27 bits per heavy atom. The molecule has 1 amide bonds. The van der Waals surface area contributed by atoms with Crippen molar-refractivity contribution >= 4 is 34.7 Å². The summed E-state index contributed by atoms with van der Waals surface area (Å²) in [5.74, 6) is 1.07. The van der Waals surface area contributed by atoms with Crippen LogP contribution in [0.4, 0.5) is 5.82 Å². The zero-order valence-corrected chi connectivity index (χ0v) is 17.8. The van der Waals surface area contributed by atoms with E-state index in [1.54, 1.807) is 24.4 Å². The number of benzene rings is 1. The molecule has 30 heavy (non-hydrogen) atoms. The molecule has 1 saturated heterocycles. The maximum atomic E-state index is 13.3. The fraction of sp³-hybridized carbons (Fsp3) is 0.348. The molecular formula is C23H25N3O3S. The highest BCUT2D eigenvalue weighted by Gasteiger charge is 2.38. The number of amidine groups is 1. The van der Waals surface area contributed by atoms with Crippen LogP contribution in [0.25, 0.3) is 6.08 Å². The molecule has 0 bridgehead atoms. The third-order valence-electron chi connectivity index (χ3n) is 5.22. The van der Waals surface area contributed by atoms with Crippen LogP contribution in [0.2, 0.25) is 0 Å². The highest BCUT2D eigenvalue weighted by atomic mass is 32.2. The Morgan fingerprint density at radius 2 is 2.10 bits per heavy atom. The van der Waals surface area contributed by atoms with E-state index >= 15 is 0 Å². The Bertz CT molecular complexity index is 969. The van der Waals surface area contributed by atoms with Gasteiger partial charge in [-0.25, -0.2) is 9.98 Å². The second-order valence-corrected chi connectivity index (χ2v) is 8.33. The van der Waals surface area contributed by atoms with Crippen LogP contribution in [0.3, 0.4) is 0 Å². The number of ether oxygens (including phenoxy) is 1. The molecule has 0 atom stereocenters. The summed E-state index contributed by atoms with van der Waals surface area (Å²) in [6, 6.07) is 10.9. The van der Waals surface area contributed by atoms with Gasteiger partial charge in [-0.15, -0.1) is 0 Å². The summed E-state index contributed by atoms with van der Waals surface area (Å²) in [6.07, 6.45) is 9.01. The van der Waals surface area contributed by atoms with Crippen LogP contribution in [0.15, 0.2) is 52.5 Å². The SMILES string of the molecule is CCOc1cc(/C=C2\S/C(=N/c3ccccn3)N(C3CCCCC3)C2=O)ccc1O. The van der Waals surface area contributed by atoms with E-state index in [1.165, 1.54) is 18.2 Å². The van der Waals surface area contributed by atoms with Crippen molar-refractivity contribution in [2.75, 3.05) is 6.61 Å². The van der Waals surface area contributed by atoms with Crippen molar-refractivity contribution in [1.29, 1.82) is 0 Å². The number of nitrogens with zero attached hydrogens (tertiary/aromatic N) is 3. The molecule has 1 aromatic heterocycles. The number of aromatic hydroxyl groups is 1. The Kier molecular flexibility index (Phi) is 6.38. The van der Waals surface area contributed by atoms with E-state index in [9.17, 15) is 9.90 Å². The molecule has 4 rings (SSSR count). The van der Waals surface area contributed by atoms with E-state index < -0.39 is 0 Å². The lowest BCUT2D eigenvalue weighted by molar-refractivity contribution is -0.124. The predicted molar refractivity (Wildman–Crippen MR) is 120 cm³/mol. The maximum Gasteiger partial charge on any atom is 0.267 e. The minimum Gasteiger partial charge on any atom is -0.504 e. The second kappa shape index (κ2) is 9.34. The second-order valence-electron chi connectivity index (χ2n) is 7.32. The lowest BCUT2D eigenvalue weighted by Gasteiger charge is -2.30. The molecule has 1 aromatic carbocycles. The van der Waals surface area contributed by atoms with Gasteiger partial charge >= 0.3 is 0 Å². The van der Waals surface area contributed by atoms with Crippen molar-refractivity contribution in [3.05, 3.63) is 53.1 Å². The first-order chi connectivity index (χ1) is 14.7. The number of hydrogen-bond acceptors (Lipinski definition) is 6. The third-order valence-corrected chi connectivity index (χ3v) is 6.20. The molecule has 2 fully saturated rings. The van der Waals surface area contributed by atoms with Crippen molar-refractivity contribution in [2.24, 2.45) is 4.99 Å². The van der Waals surface area contributed by atoms with Gasteiger partial charge < -0.3 is 9.84 Å². The average Bonchev–Trinajstić information content (AvgIpc) is 3.06. The van der Waals surface area contributed by atoms with Crippen molar-refractivity contribution < 1.29 is 14.6 Å². The molecule has 1 saturated carbocycles. The number of phenols is 1. The van der Waals surface area contributed by atoms with Gasteiger partial charge in [0.2, 0.25) is 0 Å². The molecule has 2 aromatic rings. The summed E-state index contributed by atoms with van der Waals surface area (Å²) in [5, 5.41) is 10.6. The minimum atomic E-state index is -0.0207. The van der Waals surface area contributed by atoms with Crippen LogP contribution < -0.4 is 4.74 Å². The number of hydrogen-bond donors (Lipinski definition) is 1. The zero-order chi connectivity index (χ0) is 20.9. The van der Waals surface area contributed by atoms with E-state index in [0.29, 0.717) is 28.2 Å². The quantitative estimate of drug-likeness (QED) is 0.676. The fourth-order valence-corrected chi connectivity index (χ4v) is 4.83. The predicted octanol–water partition coefficient (Wildman–Crippen LogP) is 5.12. The largest absolute Gasteiger partial charge is 0.504 e. The van der Waals surface area contributed by atoms with E-state index in [2.05, 4.69) is 9.98 Å². The number of pyridine rings is 1. The molecule has 0 spiro atoms. The number of thioether (sulfide) groups is 1. The summed E-state index contributed by atoms with van der Waals surface area (Å²) in [4.78, 5) is 24.8. The number of aliphatic imine (C=N–C) groups is 1. The molecule has 1 aliphatic heterocycles. The van der Waals surface area contributed by atoms with Crippen LogP contribution >= 0.6 is 11.8 Å². The normalized spacial score (nSPS) is 20.3. The lowest BCUT2D eigenvalue weighted by atomic mass is 9.94. The zero-order valence-electron chi connectivity index (χ0n) is 17.0. The number of carbonyl (C=O) groups excluding carboxylic acids is 1. The molecular weight excluding hydrogens is 398 g/mol. The Hall–Kier alpha value is -2.80. The van der Waals surface area contributed by atoms with Crippen LogP contribution in [-0.2, 0) is 4.79 Å². The minimum absolute atomic E-state index is 0.0207. The molecule has 0 radical (unpaired) electrons. The Morgan fingerprint density at radius 3 is 2.83 bits per heavy atom. The first-order valence-corrected chi connectivity index (χ1v) is 11.2. The lowest BCUT2D eigenvalue weighted by Crippen LogP contribution is -2.40. The van der Waals surface area contributed by atoms with Crippen molar-refractivity contribution in [2.45, 2.75) is 45.1 Å². The Labute approximate surface area is 180 Å². The Balaban J connectivity index is 1.68. The summed E-state index contributed by atoms with van der Waals surface area (Å²) in [7, 11) is 0. The van der Waals surface area contributed by atoms with E-state index in [1.807, 2.05) is 36.1 Å². The summed E-state index contributed by atoms with van der Waals surface area (Å²) >= 11 is 1.38. The molecule has 7 heteroatoms. The first-order valence-electron chi connectivity index (χ1n) is 10.3. The summed E-state index contributed by atoms with van der Waals surface area (Å²) in [5.41, 5.74) is 0.801. The van der Waals surface area contributed by atoms with Gasteiger partial charge in [-0.2, -0.15) is 0 Å². The highest BCUT2D eigenvalue weighted by Crippen LogP contribution is 2.39. The number of rotatable bonds is 5.